The third-order valence-electron chi connectivity index (χ3n) is 3.94. The zero-order valence-corrected chi connectivity index (χ0v) is 13.5. The number of amides is 2. The van der Waals surface area contributed by atoms with Gasteiger partial charge in [0.15, 0.2) is 0 Å². The fourth-order valence-corrected chi connectivity index (χ4v) is 3.08. The minimum atomic E-state index is -0.645. The first-order chi connectivity index (χ1) is 11.6. The Morgan fingerprint density at radius 3 is 2.58 bits per heavy atom. The molecule has 3 N–H and O–H groups in total. The van der Waals surface area contributed by atoms with Gasteiger partial charge in [-0.3, -0.25) is 14.8 Å². The Kier molecular flexibility index (Phi) is 4.69. The highest BCUT2D eigenvalue weighted by atomic mass is 35.5. The molecule has 3 rings (SSSR count). The molecule has 7 heteroatoms. The van der Waals surface area contributed by atoms with E-state index < -0.39 is 5.91 Å². The van der Waals surface area contributed by atoms with E-state index in [1.807, 2.05) is 35.2 Å². The Balaban J connectivity index is 2.06. The van der Waals surface area contributed by atoms with Crippen LogP contribution in [0.1, 0.15) is 16.8 Å². The van der Waals surface area contributed by atoms with Gasteiger partial charge in [-0.1, -0.05) is 29.8 Å². The second-order valence-electron chi connectivity index (χ2n) is 5.41. The summed E-state index contributed by atoms with van der Waals surface area (Å²) in [5.41, 5.74) is 3.27. The lowest BCUT2D eigenvalue weighted by atomic mass is 10.1. The first kappa shape index (κ1) is 16.3. The summed E-state index contributed by atoms with van der Waals surface area (Å²) in [5, 5.41) is 11.9. The van der Waals surface area contributed by atoms with Crippen LogP contribution in [0, 0.1) is 0 Å². The standard InChI is InChI=1S/C17H16ClN3O3/c18-13-10-11(16(22)20-24)6-7-14(13)21(12-4-2-1-3-5-12)15-8-9-19-17(15)23/h1-7,10,15,24H,8-9H2,(H,19,23)(H,20,22). The van der Waals surface area contributed by atoms with Gasteiger partial charge >= 0.3 is 0 Å². The average molecular weight is 346 g/mol. The number of nitrogens with one attached hydrogen (secondary N) is 2. The van der Waals surface area contributed by atoms with Crippen LogP contribution in [0.15, 0.2) is 48.5 Å². The number of carbonyl (C=O) groups excluding carboxylic acids is 2. The fraction of sp³-hybridized carbons (Fsp3) is 0.176. The number of benzene rings is 2. The zero-order valence-electron chi connectivity index (χ0n) is 12.7. The monoisotopic (exact) mass is 345 g/mol. The molecule has 0 bridgehead atoms. The van der Waals surface area contributed by atoms with Crippen molar-refractivity contribution in [2.75, 3.05) is 11.4 Å². The summed E-state index contributed by atoms with van der Waals surface area (Å²) in [7, 11) is 0. The molecule has 2 aromatic carbocycles. The van der Waals surface area contributed by atoms with Gasteiger partial charge < -0.3 is 10.2 Å². The molecular weight excluding hydrogens is 330 g/mol. The van der Waals surface area contributed by atoms with E-state index in [4.69, 9.17) is 16.8 Å². The van der Waals surface area contributed by atoms with Crippen LogP contribution in [0.25, 0.3) is 0 Å². The van der Waals surface area contributed by atoms with E-state index >= 15 is 0 Å². The molecule has 0 aromatic heterocycles. The van der Waals surface area contributed by atoms with Crippen LogP contribution >= 0.6 is 11.6 Å². The van der Waals surface area contributed by atoms with Crippen molar-refractivity contribution in [2.45, 2.75) is 12.5 Å². The second kappa shape index (κ2) is 6.90. The number of hydroxylamine groups is 1. The number of rotatable bonds is 4. The molecule has 1 atom stereocenters. The van der Waals surface area contributed by atoms with E-state index in [1.54, 1.807) is 17.6 Å². The fourth-order valence-electron chi connectivity index (χ4n) is 2.81. The van der Waals surface area contributed by atoms with Gasteiger partial charge in [-0.15, -0.1) is 0 Å². The molecule has 0 radical (unpaired) electrons. The summed E-state index contributed by atoms with van der Waals surface area (Å²) in [6.07, 6.45) is 0.656. The van der Waals surface area contributed by atoms with Gasteiger partial charge in [0, 0.05) is 17.8 Å². The Morgan fingerprint density at radius 2 is 2.00 bits per heavy atom. The maximum Gasteiger partial charge on any atom is 0.274 e. The van der Waals surface area contributed by atoms with Crippen molar-refractivity contribution in [3.8, 4) is 0 Å². The zero-order chi connectivity index (χ0) is 17.1. The van der Waals surface area contributed by atoms with Gasteiger partial charge in [-0.05, 0) is 36.8 Å². The predicted molar refractivity (Wildman–Crippen MR) is 90.7 cm³/mol. The van der Waals surface area contributed by atoms with Crippen molar-refractivity contribution >= 4 is 34.8 Å². The number of carbonyl (C=O) groups is 2. The van der Waals surface area contributed by atoms with Gasteiger partial charge in [-0.25, -0.2) is 5.48 Å². The first-order valence-corrected chi connectivity index (χ1v) is 7.85. The quantitative estimate of drug-likeness (QED) is 0.587. The third-order valence-corrected chi connectivity index (χ3v) is 4.24. The lowest BCUT2D eigenvalue weighted by molar-refractivity contribution is -0.120. The molecule has 2 aromatic rings. The maximum absolute atomic E-state index is 12.2. The Bertz CT molecular complexity index is 767. The number of hydrogen-bond donors (Lipinski definition) is 3. The maximum atomic E-state index is 12.2. The first-order valence-electron chi connectivity index (χ1n) is 7.48. The second-order valence-corrected chi connectivity index (χ2v) is 5.82. The smallest absolute Gasteiger partial charge is 0.274 e. The third kappa shape index (κ3) is 3.06. The number of nitrogens with zero attached hydrogens (tertiary/aromatic N) is 1. The minimum absolute atomic E-state index is 0.0629. The molecule has 124 valence electrons. The highest BCUT2D eigenvalue weighted by Crippen LogP contribution is 2.36. The van der Waals surface area contributed by atoms with Gasteiger partial charge in [0.1, 0.15) is 6.04 Å². The van der Waals surface area contributed by atoms with Gasteiger partial charge in [-0.2, -0.15) is 0 Å². The van der Waals surface area contributed by atoms with Crippen molar-refractivity contribution in [3.63, 3.8) is 0 Å². The van der Waals surface area contributed by atoms with Crippen LogP contribution in [0.5, 0.6) is 0 Å². The molecule has 1 unspecified atom stereocenters. The summed E-state index contributed by atoms with van der Waals surface area (Å²) < 4.78 is 0. The summed E-state index contributed by atoms with van der Waals surface area (Å²) >= 11 is 6.37. The molecule has 1 fully saturated rings. The molecule has 1 aliphatic rings. The van der Waals surface area contributed by atoms with Crippen molar-refractivity contribution < 1.29 is 14.8 Å². The van der Waals surface area contributed by atoms with E-state index in [1.165, 1.54) is 6.07 Å². The molecular formula is C17H16ClN3O3. The minimum Gasteiger partial charge on any atom is -0.354 e. The lowest BCUT2D eigenvalue weighted by Crippen LogP contribution is -2.37. The van der Waals surface area contributed by atoms with Gasteiger partial charge in [0.05, 0.1) is 10.7 Å². The number of para-hydroxylation sites is 1. The predicted octanol–water partition coefficient (Wildman–Crippen LogP) is 2.49. The van der Waals surface area contributed by atoms with Crippen molar-refractivity contribution in [2.24, 2.45) is 0 Å². The molecule has 2 amide bonds. The van der Waals surface area contributed by atoms with Crippen LogP contribution in [0.4, 0.5) is 11.4 Å². The topological polar surface area (TPSA) is 81.7 Å². The Labute approximate surface area is 144 Å². The highest BCUT2D eigenvalue weighted by molar-refractivity contribution is 6.34. The van der Waals surface area contributed by atoms with E-state index in [-0.39, 0.29) is 17.5 Å². The summed E-state index contributed by atoms with van der Waals surface area (Å²) in [6.45, 7) is 0.607. The molecule has 0 spiro atoms. The van der Waals surface area contributed by atoms with Crippen LogP contribution < -0.4 is 15.7 Å². The molecule has 1 heterocycles. The molecule has 24 heavy (non-hydrogen) atoms. The van der Waals surface area contributed by atoms with E-state index in [2.05, 4.69) is 5.32 Å². The van der Waals surface area contributed by atoms with Crippen molar-refractivity contribution in [1.82, 2.24) is 10.8 Å². The van der Waals surface area contributed by atoms with Crippen LogP contribution in [-0.2, 0) is 4.79 Å². The summed E-state index contributed by atoms with van der Waals surface area (Å²) in [4.78, 5) is 25.6. The number of hydrogen-bond acceptors (Lipinski definition) is 4. The van der Waals surface area contributed by atoms with Crippen molar-refractivity contribution in [3.05, 3.63) is 59.1 Å². The molecule has 1 aliphatic heterocycles. The summed E-state index contributed by atoms with van der Waals surface area (Å²) in [5.74, 6) is -0.708. The molecule has 1 saturated heterocycles. The van der Waals surface area contributed by atoms with Crippen LogP contribution in [0.2, 0.25) is 5.02 Å². The molecule has 0 aliphatic carbocycles. The number of halogens is 1. The van der Waals surface area contributed by atoms with E-state index in [0.29, 0.717) is 23.7 Å². The Morgan fingerprint density at radius 1 is 1.25 bits per heavy atom. The largest absolute Gasteiger partial charge is 0.354 e. The van der Waals surface area contributed by atoms with E-state index in [0.717, 1.165) is 5.69 Å². The normalized spacial score (nSPS) is 16.6. The molecule has 6 nitrogen and oxygen atoms in total. The molecule has 0 saturated carbocycles. The highest BCUT2D eigenvalue weighted by Gasteiger charge is 2.32. The van der Waals surface area contributed by atoms with Crippen molar-refractivity contribution in [1.29, 1.82) is 0 Å². The summed E-state index contributed by atoms with van der Waals surface area (Å²) in [6, 6.07) is 13.8. The average Bonchev–Trinajstić information content (AvgIpc) is 3.02. The van der Waals surface area contributed by atoms with Gasteiger partial charge in [0.25, 0.3) is 5.91 Å². The SMILES string of the molecule is O=C(NO)c1ccc(N(c2ccccc2)C2CCNC2=O)c(Cl)c1. The lowest BCUT2D eigenvalue weighted by Gasteiger charge is -2.30. The Hall–Kier alpha value is -2.57. The van der Waals surface area contributed by atoms with Gasteiger partial charge in [0.2, 0.25) is 5.91 Å². The van der Waals surface area contributed by atoms with Crippen LogP contribution in [-0.4, -0.2) is 29.6 Å². The van der Waals surface area contributed by atoms with E-state index in [9.17, 15) is 9.59 Å². The van der Waals surface area contributed by atoms with Crippen LogP contribution in [0.3, 0.4) is 0 Å². The number of anilines is 2.